The molecule has 0 aliphatic heterocycles. The molecule has 0 atom stereocenters. The van der Waals surface area contributed by atoms with Crippen molar-refractivity contribution in [3.05, 3.63) is 236 Å². The number of nitrogens with zero attached hydrogens (tertiary/aromatic N) is 1. The van der Waals surface area contributed by atoms with Gasteiger partial charge in [-0.2, -0.15) is 0 Å². The lowest BCUT2D eigenvalue weighted by Gasteiger charge is -2.26. The molecule has 10 aromatic carbocycles. The van der Waals surface area contributed by atoms with Crippen LogP contribution >= 0.6 is 0 Å². The molecular weight excluding hydrogens is 727 g/mol. The van der Waals surface area contributed by atoms with E-state index in [2.05, 4.69) is 0 Å². The summed E-state index contributed by atoms with van der Waals surface area (Å²) in [5.41, 5.74) is 7.57. The average Bonchev–Trinajstić information content (AvgIpc) is 3.78. The highest BCUT2D eigenvalue weighted by Crippen LogP contribution is 2.45. The fraction of sp³-hybridized carbons (Fsp3) is 0. The van der Waals surface area contributed by atoms with Gasteiger partial charge in [-0.15, -0.1) is 0 Å². The zero-order chi connectivity index (χ0) is 46.8. The molecule has 0 aliphatic carbocycles. The third-order valence-corrected chi connectivity index (χ3v) is 11.0. The Morgan fingerprint density at radius 3 is 1.52 bits per heavy atom. The molecule has 11 rings (SSSR count). The summed E-state index contributed by atoms with van der Waals surface area (Å²) in [5, 5.41) is 3.03. The summed E-state index contributed by atoms with van der Waals surface area (Å²) >= 11 is 0. The maximum Gasteiger partial charge on any atom is 0.143 e. The summed E-state index contributed by atoms with van der Waals surface area (Å²) in [6, 6.07) is 56.5. The largest absolute Gasteiger partial charge is 0.455 e. The van der Waals surface area contributed by atoms with Gasteiger partial charge >= 0.3 is 0 Å². The second-order valence-electron chi connectivity index (χ2n) is 14.6. The van der Waals surface area contributed by atoms with E-state index in [0.29, 0.717) is 38.8 Å². The van der Waals surface area contributed by atoms with Crippen molar-refractivity contribution >= 4 is 49.8 Å². The summed E-state index contributed by atoms with van der Waals surface area (Å²) < 4.78 is 84.1. The van der Waals surface area contributed by atoms with Crippen LogP contribution in [-0.2, 0) is 0 Å². The quantitative estimate of drug-likeness (QED) is 0.153. The Bertz CT molecular complexity index is 3700. The van der Waals surface area contributed by atoms with Crippen molar-refractivity contribution < 1.29 is 15.4 Å². The zero-order valence-corrected chi connectivity index (χ0v) is 32.3. The van der Waals surface area contributed by atoms with E-state index in [4.69, 9.17) is 4.42 Å². The van der Waals surface area contributed by atoms with Crippen LogP contribution in [0.25, 0.3) is 88.3 Å². The lowest BCUT2D eigenvalue weighted by molar-refractivity contribution is 0.672. The highest BCUT2D eigenvalue weighted by Gasteiger charge is 2.21. The second-order valence-corrected chi connectivity index (χ2v) is 14.6. The smallest absolute Gasteiger partial charge is 0.143 e. The van der Waals surface area contributed by atoms with E-state index in [1.807, 2.05) is 158 Å². The highest BCUT2D eigenvalue weighted by atomic mass is 16.3. The van der Waals surface area contributed by atoms with Crippen molar-refractivity contribution in [2.45, 2.75) is 0 Å². The molecule has 0 saturated carbocycles. The van der Waals surface area contributed by atoms with Gasteiger partial charge < -0.3 is 9.32 Å². The predicted octanol–water partition coefficient (Wildman–Crippen LogP) is 16.5. The normalized spacial score (nSPS) is 13.2. The summed E-state index contributed by atoms with van der Waals surface area (Å²) in [6.45, 7) is 0. The monoisotopic (exact) mass is 773 g/mol. The Labute approximate surface area is 361 Å². The Morgan fingerprint density at radius 1 is 0.350 bits per heavy atom. The van der Waals surface area contributed by atoms with E-state index >= 15 is 0 Å². The predicted molar refractivity (Wildman–Crippen MR) is 253 cm³/mol. The first-order chi connectivity index (χ1) is 33.1. The fourth-order valence-electron chi connectivity index (χ4n) is 8.08. The summed E-state index contributed by atoms with van der Waals surface area (Å²) in [7, 11) is 0. The van der Waals surface area contributed by atoms with Gasteiger partial charge in [-0.3, -0.25) is 0 Å². The fourth-order valence-corrected chi connectivity index (χ4v) is 8.08. The molecule has 0 saturated heterocycles. The molecule has 0 amide bonds. The van der Waals surface area contributed by atoms with Gasteiger partial charge in [0, 0.05) is 22.1 Å². The van der Waals surface area contributed by atoms with Crippen LogP contribution < -0.4 is 4.90 Å². The van der Waals surface area contributed by atoms with Gasteiger partial charge in [-0.05, 0) is 109 Å². The molecule has 11 aromatic rings. The average molecular weight is 774 g/mol. The molecule has 1 aromatic heterocycles. The number of rotatable bonds is 8. The Morgan fingerprint density at radius 2 is 0.867 bits per heavy atom. The molecule has 0 unspecified atom stereocenters. The number of furan rings is 1. The Hall–Kier alpha value is -7.94. The van der Waals surface area contributed by atoms with Crippen LogP contribution in [0.4, 0.5) is 17.1 Å². The van der Waals surface area contributed by atoms with Gasteiger partial charge in [0.2, 0.25) is 0 Å². The van der Waals surface area contributed by atoms with Gasteiger partial charge in [0.1, 0.15) is 11.2 Å². The lowest BCUT2D eigenvalue weighted by atomic mass is 9.91. The maximum absolute atomic E-state index is 9.83. The Balaban J connectivity index is 1.16. The summed E-state index contributed by atoms with van der Waals surface area (Å²) in [6.07, 6.45) is 0. The first-order valence-electron chi connectivity index (χ1n) is 23.9. The molecule has 0 bridgehead atoms. The van der Waals surface area contributed by atoms with Crippen LogP contribution in [0.2, 0.25) is 0 Å². The minimum absolute atomic E-state index is 0.0767. The number of anilines is 3. The minimum Gasteiger partial charge on any atom is -0.455 e. The van der Waals surface area contributed by atoms with Crippen LogP contribution in [0.15, 0.2) is 241 Å². The third-order valence-electron chi connectivity index (χ3n) is 11.0. The number of fused-ring (bicyclic) bond motifs is 5. The second kappa shape index (κ2) is 15.1. The maximum atomic E-state index is 9.83. The van der Waals surface area contributed by atoms with E-state index < -0.39 is 24.2 Å². The van der Waals surface area contributed by atoms with Crippen molar-refractivity contribution in [3.63, 3.8) is 0 Å². The SMILES string of the molecule is [2H]c1c([2H])c(N(c2c([2H])c([2H])c(-c3ccc(-c4ccccc4)c(-c4ccccc4)c3)c([2H])c2[2H])c2cccc3oc4c5ccccc5ccc4c23)c([2H])c([2H])c1-c1ccc(-c2ccccc2)cc1. The molecule has 0 aliphatic rings. The molecule has 2 nitrogen and oxygen atoms in total. The third kappa shape index (κ3) is 6.41. The lowest BCUT2D eigenvalue weighted by Crippen LogP contribution is -2.10. The summed E-state index contributed by atoms with van der Waals surface area (Å²) in [4.78, 5) is 1.37. The van der Waals surface area contributed by atoms with Crippen LogP contribution in [-0.4, -0.2) is 0 Å². The van der Waals surface area contributed by atoms with Gasteiger partial charge in [0.05, 0.1) is 22.0 Å². The van der Waals surface area contributed by atoms with Crippen LogP contribution in [0.3, 0.4) is 0 Å². The topological polar surface area (TPSA) is 16.4 Å². The highest BCUT2D eigenvalue weighted by molar-refractivity contribution is 6.19. The van der Waals surface area contributed by atoms with Crippen molar-refractivity contribution in [3.8, 4) is 55.6 Å². The number of hydrogen-bond acceptors (Lipinski definition) is 2. The molecule has 60 heavy (non-hydrogen) atoms. The number of hydrogen-bond donors (Lipinski definition) is 0. The van der Waals surface area contributed by atoms with Crippen molar-refractivity contribution in [1.29, 1.82) is 0 Å². The molecule has 1 heterocycles. The van der Waals surface area contributed by atoms with Crippen LogP contribution in [0.1, 0.15) is 11.0 Å². The number of benzene rings is 10. The first-order valence-corrected chi connectivity index (χ1v) is 19.9. The van der Waals surface area contributed by atoms with Crippen molar-refractivity contribution in [1.82, 2.24) is 0 Å². The van der Waals surface area contributed by atoms with E-state index in [0.717, 1.165) is 44.2 Å². The molecule has 0 radical (unpaired) electrons. The van der Waals surface area contributed by atoms with Crippen LogP contribution in [0.5, 0.6) is 0 Å². The van der Waals surface area contributed by atoms with Crippen LogP contribution in [0, 0.1) is 0 Å². The molecular formula is C58H39NO. The Kier molecular flexibility index (Phi) is 6.96. The van der Waals surface area contributed by atoms with E-state index in [-0.39, 0.29) is 46.7 Å². The molecule has 0 N–H and O–H groups in total. The zero-order valence-electron chi connectivity index (χ0n) is 40.3. The van der Waals surface area contributed by atoms with Gasteiger partial charge in [-0.1, -0.05) is 188 Å². The van der Waals surface area contributed by atoms with Gasteiger partial charge in [-0.25, -0.2) is 0 Å². The van der Waals surface area contributed by atoms with E-state index in [1.54, 1.807) is 30.3 Å². The van der Waals surface area contributed by atoms with Gasteiger partial charge in [0.25, 0.3) is 0 Å². The molecule has 2 heteroatoms. The minimum atomic E-state index is -0.429. The van der Waals surface area contributed by atoms with Crippen molar-refractivity contribution in [2.24, 2.45) is 0 Å². The molecule has 0 fully saturated rings. The van der Waals surface area contributed by atoms with E-state index in [9.17, 15) is 11.0 Å². The first kappa shape index (κ1) is 27.7. The molecule has 0 spiro atoms. The van der Waals surface area contributed by atoms with E-state index in [1.165, 1.54) is 4.90 Å². The molecule has 282 valence electrons. The standard InChI is InChI=1S/C58H39NO/c1-4-13-40(14-5-1)41-23-25-42(26-24-41)43-27-33-49(34-28-43)59(55-21-12-22-56-57(55)53-38-31-47-19-10-11-20-52(47)58(53)60-56)50-35-29-44(30-36-50)48-32-37-51(45-15-6-2-7-16-45)54(39-48)46-17-8-3-9-18-46/h1-39H/i27D,28D,29D,30D,33D,34D,35D,36D. The van der Waals surface area contributed by atoms with Gasteiger partial charge in [0.15, 0.2) is 0 Å². The van der Waals surface area contributed by atoms with Crippen molar-refractivity contribution in [2.75, 3.05) is 4.90 Å². The summed E-state index contributed by atoms with van der Waals surface area (Å²) in [5.74, 6) is 0.